The summed E-state index contributed by atoms with van der Waals surface area (Å²) in [6, 6.07) is 2.25. The van der Waals surface area contributed by atoms with Crippen LogP contribution in [0.15, 0.2) is 6.07 Å². The summed E-state index contributed by atoms with van der Waals surface area (Å²) in [5.41, 5.74) is 9.45. The molecule has 1 aromatic heterocycles. The molecule has 2 N–H and O–H groups in total. The van der Waals surface area contributed by atoms with Crippen molar-refractivity contribution in [3.8, 4) is 0 Å². The van der Waals surface area contributed by atoms with Gasteiger partial charge in [0.05, 0.1) is 5.69 Å². The second-order valence-electron chi connectivity index (χ2n) is 6.72. The van der Waals surface area contributed by atoms with Crippen molar-refractivity contribution in [2.24, 2.45) is 11.1 Å². The van der Waals surface area contributed by atoms with Gasteiger partial charge in [-0.25, -0.2) is 0 Å². The summed E-state index contributed by atoms with van der Waals surface area (Å²) >= 11 is 0. The predicted molar refractivity (Wildman–Crippen MR) is 80.2 cm³/mol. The SMILES string of the molecule is CCc1cc(CC2(N)CCCCC2(C)C)n(CC)n1. The molecule has 1 unspecified atom stereocenters. The van der Waals surface area contributed by atoms with Crippen molar-refractivity contribution in [2.75, 3.05) is 0 Å². The molecule has 1 atom stereocenters. The van der Waals surface area contributed by atoms with Crippen molar-refractivity contribution < 1.29 is 0 Å². The maximum absolute atomic E-state index is 6.80. The van der Waals surface area contributed by atoms with E-state index in [1.54, 1.807) is 0 Å². The third-order valence-electron chi connectivity index (χ3n) is 5.09. The Hall–Kier alpha value is -0.830. The van der Waals surface area contributed by atoms with Crippen molar-refractivity contribution in [3.63, 3.8) is 0 Å². The van der Waals surface area contributed by atoms with Gasteiger partial charge in [0.1, 0.15) is 0 Å². The monoisotopic (exact) mass is 263 g/mol. The zero-order valence-corrected chi connectivity index (χ0v) is 13.0. The van der Waals surface area contributed by atoms with Gasteiger partial charge in [-0.15, -0.1) is 0 Å². The predicted octanol–water partition coefficient (Wildman–Crippen LogP) is 3.31. The molecule has 1 heterocycles. The van der Waals surface area contributed by atoms with Crippen LogP contribution in [0.2, 0.25) is 0 Å². The van der Waals surface area contributed by atoms with Gasteiger partial charge < -0.3 is 5.73 Å². The van der Waals surface area contributed by atoms with Gasteiger partial charge in [0.25, 0.3) is 0 Å². The fraction of sp³-hybridized carbons (Fsp3) is 0.812. The molecular weight excluding hydrogens is 234 g/mol. The molecule has 0 spiro atoms. The van der Waals surface area contributed by atoms with E-state index in [0.717, 1.165) is 25.8 Å². The summed E-state index contributed by atoms with van der Waals surface area (Å²) < 4.78 is 2.14. The minimum absolute atomic E-state index is 0.0801. The third-order valence-corrected chi connectivity index (χ3v) is 5.09. The minimum atomic E-state index is -0.0801. The van der Waals surface area contributed by atoms with E-state index in [1.165, 1.54) is 30.7 Å². The first kappa shape index (κ1) is 14.6. The molecule has 2 rings (SSSR count). The average Bonchev–Trinajstić information content (AvgIpc) is 2.75. The van der Waals surface area contributed by atoms with Crippen LogP contribution < -0.4 is 5.73 Å². The molecule has 0 bridgehead atoms. The molecule has 19 heavy (non-hydrogen) atoms. The van der Waals surface area contributed by atoms with Crippen molar-refractivity contribution in [3.05, 3.63) is 17.5 Å². The van der Waals surface area contributed by atoms with Crippen LogP contribution in [0.3, 0.4) is 0 Å². The molecule has 0 aliphatic heterocycles. The lowest BCUT2D eigenvalue weighted by Gasteiger charge is -2.48. The summed E-state index contributed by atoms with van der Waals surface area (Å²) in [6.07, 6.45) is 6.92. The Kier molecular flexibility index (Phi) is 4.05. The molecule has 0 amide bonds. The van der Waals surface area contributed by atoms with E-state index in [4.69, 9.17) is 5.73 Å². The Morgan fingerprint density at radius 2 is 1.95 bits per heavy atom. The summed E-state index contributed by atoms with van der Waals surface area (Å²) in [4.78, 5) is 0. The number of nitrogens with zero attached hydrogens (tertiary/aromatic N) is 2. The van der Waals surface area contributed by atoms with Crippen LogP contribution in [0, 0.1) is 5.41 Å². The lowest BCUT2D eigenvalue weighted by molar-refractivity contribution is 0.0970. The second kappa shape index (κ2) is 5.28. The van der Waals surface area contributed by atoms with E-state index in [-0.39, 0.29) is 11.0 Å². The third kappa shape index (κ3) is 2.71. The van der Waals surface area contributed by atoms with Crippen molar-refractivity contribution in [1.82, 2.24) is 9.78 Å². The Morgan fingerprint density at radius 3 is 2.53 bits per heavy atom. The van der Waals surface area contributed by atoms with E-state index in [2.05, 4.69) is 43.5 Å². The summed E-state index contributed by atoms with van der Waals surface area (Å²) in [6.45, 7) is 9.92. The molecular formula is C16H29N3. The van der Waals surface area contributed by atoms with Gasteiger partial charge >= 0.3 is 0 Å². The van der Waals surface area contributed by atoms with Crippen LogP contribution in [-0.2, 0) is 19.4 Å². The van der Waals surface area contributed by atoms with Crippen molar-refractivity contribution in [1.29, 1.82) is 0 Å². The summed E-state index contributed by atoms with van der Waals surface area (Å²) in [5, 5.41) is 4.65. The van der Waals surface area contributed by atoms with Gasteiger partial charge in [0, 0.05) is 24.2 Å². The molecule has 1 aliphatic rings. The van der Waals surface area contributed by atoms with Crippen LogP contribution in [0.5, 0.6) is 0 Å². The Labute approximate surface area is 117 Å². The summed E-state index contributed by atoms with van der Waals surface area (Å²) in [5.74, 6) is 0. The normalized spacial score (nSPS) is 26.6. The molecule has 1 fully saturated rings. The summed E-state index contributed by atoms with van der Waals surface area (Å²) in [7, 11) is 0. The molecule has 1 aromatic rings. The molecule has 108 valence electrons. The number of nitrogens with two attached hydrogens (primary N) is 1. The molecule has 1 aliphatic carbocycles. The van der Waals surface area contributed by atoms with Gasteiger partial charge in [0.2, 0.25) is 0 Å². The van der Waals surface area contributed by atoms with Gasteiger partial charge in [-0.2, -0.15) is 5.10 Å². The van der Waals surface area contributed by atoms with Gasteiger partial charge in [0.15, 0.2) is 0 Å². The maximum Gasteiger partial charge on any atom is 0.0624 e. The van der Waals surface area contributed by atoms with E-state index in [0.29, 0.717) is 0 Å². The zero-order valence-electron chi connectivity index (χ0n) is 13.0. The van der Waals surface area contributed by atoms with E-state index in [1.807, 2.05) is 0 Å². The minimum Gasteiger partial charge on any atom is -0.324 e. The van der Waals surface area contributed by atoms with Gasteiger partial charge in [-0.3, -0.25) is 4.68 Å². The topological polar surface area (TPSA) is 43.8 Å². The molecule has 0 saturated heterocycles. The Bertz CT molecular complexity index is 433. The van der Waals surface area contributed by atoms with Crippen LogP contribution in [0.25, 0.3) is 0 Å². The fourth-order valence-electron chi connectivity index (χ4n) is 3.35. The van der Waals surface area contributed by atoms with Crippen LogP contribution in [-0.4, -0.2) is 15.3 Å². The quantitative estimate of drug-likeness (QED) is 0.905. The largest absolute Gasteiger partial charge is 0.324 e. The smallest absolute Gasteiger partial charge is 0.0624 e. The Morgan fingerprint density at radius 1 is 1.26 bits per heavy atom. The molecule has 0 radical (unpaired) electrons. The fourth-order valence-corrected chi connectivity index (χ4v) is 3.35. The van der Waals surface area contributed by atoms with Crippen LogP contribution in [0.4, 0.5) is 0 Å². The number of aryl methyl sites for hydroxylation is 2. The van der Waals surface area contributed by atoms with Crippen LogP contribution in [0.1, 0.15) is 64.8 Å². The molecule has 0 aromatic carbocycles. The molecule has 3 nitrogen and oxygen atoms in total. The zero-order chi connectivity index (χ0) is 14.1. The highest BCUT2D eigenvalue weighted by atomic mass is 15.3. The first-order valence-electron chi connectivity index (χ1n) is 7.76. The average molecular weight is 263 g/mol. The van der Waals surface area contributed by atoms with Crippen molar-refractivity contribution in [2.45, 2.75) is 78.3 Å². The van der Waals surface area contributed by atoms with Gasteiger partial charge in [-0.05, 0) is 37.7 Å². The van der Waals surface area contributed by atoms with E-state index < -0.39 is 0 Å². The lowest BCUT2D eigenvalue weighted by atomic mass is 9.62. The van der Waals surface area contributed by atoms with Crippen molar-refractivity contribution >= 4 is 0 Å². The van der Waals surface area contributed by atoms with E-state index >= 15 is 0 Å². The molecule has 1 saturated carbocycles. The first-order chi connectivity index (χ1) is 8.92. The first-order valence-corrected chi connectivity index (χ1v) is 7.76. The number of aromatic nitrogens is 2. The lowest BCUT2D eigenvalue weighted by Crippen LogP contribution is -2.56. The number of hydrogen-bond donors (Lipinski definition) is 1. The van der Waals surface area contributed by atoms with Crippen LogP contribution >= 0.6 is 0 Å². The second-order valence-corrected chi connectivity index (χ2v) is 6.72. The number of hydrogen-bond acceptors (Lipinski definition) is 2. The highest BCUT2D eigenvalue weighted by Crippen LogP contribution is 2.43. The standard InChI is InChI=1S/C16H29N3/c1-5-13-11-14(19(6-2)18-13)12-16(17)10-8-7-9-15(16,3)4/h11H,5-10,12,17H2,1-4H3. The maximum atomic E-state index is 6.80. The molecule has 3 heteroatoms. The number of rotatable bonds is 4. The Balaban J connectivity index is 2.26. The van der Waals surface area contributed by atoms with Gasteiger partial charge in [-0.1, -0.05) is 33.6 Å². The highest BCUT2D eigenvalue weighted by molar-refractivity contribution is 5.16. The highest BCUT2D eigenvalue weighted by Gasteiger charge is 2.43. The van der Waals surface area contributed by atoms with E-state index in [9.17, 15) is 0 Å².